The van der Waals surface area contributed by atoms with Gasteiger partial charge in [0.25, 0.3) is 0 Å². The van der Waals surface area contributed by atoms with E-state index in [1.54, 1.807) is 9.03 Å². The van der Waals surface area contributed by atoms with Crippen molar-refractivity contribution in [2.45, 2.75) is 13.3 Å². The molecule has 0 aliphatic carbocycles. The molecule has 4 heterocycles. The Balaban J connectivity index is 1.72. The van der Waals surface area contributed by atoms with Crippen LogP contribution in [0.3, 0.4) is 0 Å². The third kappa shape index (κ3) is 1.82. The monoisotopic (exact) mass is 264 g/mol. The lowest BCUT2D eigenvalue weighted by Gasteiger charge is -1.98. The lowest BCUT2D eigenvalue weighted by Crippen LogP contribution is -1.97. The molecular weight excluding hydrogens is 252 g/mol. The zero-order valence-electron chi connectivity index (χ0n) is 10.9. The molecule has 0 fully saturated rings. The lowest BCUT2D eigenvalue weighted by atomic mass is 10.2. The molecule has 6 nitrogen and oxygen atoms in total. The minimum Gasteiger partial charge on any atom is -0.237 e. The summed E-state index contributed by atoms with van der Waals surface area (Å²) in [6, 6.07) is 7.78. The highest BCUT2D eigenvalue weighted by Crippen LogP contribution is 2.09. The molecule has 20 heavy (non-hydrogen) atoms. The van der Waals surface area contributed by atoms with E-state index in [1.807, 2.05) is 49.8 Å². The fourth-order valence-electron chi connectivity index (χ4n) is 2.26. The van der Waals surface area contributed by atoms with Crippen molar-refractivity contribution in [1.29, 1.82) is 0 Å². The van der Waals surface area contributed by atoms with E-state index in [9.17, 15) is 0 Å². The van der Waals surface area contributed by atoms with Crippen LogP contribution in [0.15, 0.2) is 42.9 Å². The Morgan fingerprint density at radius 2 is 2.05 bits per heavy atom. The summed E-state index contributed by atoms with van der Waals surface area (Å²) in [6.07, 6.45) is 6.36. The fraction of sp³-hybridized carbons (Fsp3) is 0.143. The van der Waals surface area contributed by atoms with Crippen molar-refractivity contribution in [3.63, 3.8) is 0 Å². The molecule has 0 aliphatic rings. The zero-order valence-corrected chi connectivity index (χ0v) is 10.9. The normalized spacial score (nSPS) is 11.4. The summed E-state index contributed by atoms with van der Waals surface area (Å²) in [5.41, 5.74) is 3.71. The predicted octanol–water partition coefficient (Wildman–Crippen LogP) is 1.67. The van der Waals surface area contributed by atoms with Gasteiger partial charge in [-0.3, -0.25) is 0 Å². The van der Waals surface area contributed by atoms with Crippen LogP contribution in [-0.2, 0) is 6.42 Å². The molecule has 0 saturated carbocycles. The van der Waals surface area contributed by atoms with Gasteiger partial charge in [0.15, 0.2) is 17.1 Å². The number of pyridine rings is 1. The average Bonchev–Trinajstić information content (AvgIpc) is 2.99. The maximum absolute atomic E-state index is 4.49. The highest BCUT2D eigenvalue weighted by molar-refractivity contribution is 5.40. The number of aryl methyl sites for hydroxylation is 1. The second kappa shape index (κ2) is 4.12. The van der Waals surface area contributed by atoms with Gasteiger partial charge in [0.1, 0.15) is 0 Å². The summed E-state index contributed by atoms with van der Waals surface area (Å²) in [7, 11) is 0. The van der Waals surface area contributed by atoms with Crippen molar-refractivity contribution in [1.82, 2.24) is 29.2 Å². The number of nitrogens with zero attached hydrogens (tertiary/aromatic N) is 6. The Hall–Kier alpha value is -2.76. The van der Waals surface area contributed by atoms with E-state index in [-0.39, 0.29) is 0 Å². The molecule has 0 N–H and O–H groups in total. The third-order valence-corrected chi connectivity index (χ3v) is 3.14. The van der Waals surface area contributed by atoms with Gasteiger partial charge in [-0.1, -0.05) is 6.07 Å². The largest absolute Gasteiger partial charge is 0.237 e. The maximum Gasteiger partial charge on any atom is 0.156 e. The van der Waals surface area contributed by atoms with Crippen LogP contribution in [0.4, 0.5) is 0 Å². The molecule has 0 radical (unpaired) electrons. The Bertz CT molecular complexity index is 871. The Morgan fingerprint density at radius 3 is 2.95 bits per heavy atom. The zero-order chi connectivity index (χ0) is 13.5. The second-order valence-corrected chi connectivity index (χ2v) is 4.76. The van der Waals surface area contributed by atoms with Crippen LogP contribution < -0.4 is 0 Å². The smallest absolute Gasteiger partial charge is 0.156 e. The van der Waals surface area contributed by atoms with Crippen molar-refractivity contribution in [3.05, 3.63) is 59.9 Å². The summed E-state index contributed by atoms with van der Waals surface area (Å²) >= 11 is 0. The van der Waals surface area contributed by atoms with Gasteiger partial charge >= 0.3 is 0 Å². The molecule has 0 aromatic carbocycles. The summed E-state index contributed by atoms with van der Waals surface area (Å²) < 4.78 is 3.57. The van der Waals surface area contributed by atoms with Crippen molar-refractivity contribution in [2.24, 2.45) is 0 Å². The minimum atomic E-state index is 0.642. The van der Waals surface area contributed by atoms with Crippen LogP contribution in [0.1, 0.15) is 17.1 Å². The molecule has 4 aromatic heterocycles. The van der Waals surface area contributed by atoms with Gasteiger partial charge in [-0.15, -0.1) is 0 Å². The van der Waals surface area contributed by atoms with Crippen LogP contribution in [0, 0.1) is 6.92 Å². The summed E-state index contributed by atoms with van der Waals surface area (Å²) in [5.74, 6) is 0.779. The standard InChI is InChI=1S/C14H12N6/c1-10-6-14-15-8-11(9-20(14)17-10)7-12-16-13-4-2-3-5-19(13)18-12/h2-6,8-9H,7H2,1H3. The van der Waals surface area contributed by atoms with E-state index in [2.05, 4.69) is 20.2 Å². The summed E-state index contributed by atoms with van der Waals surface area (Å²) in [5, 5.41) is 8.81. The highest BCUT2D eigenvalue weighted by Gasteiger charge is 2.06. The lowest BCUT2D eigenvalue weighted by molar-refractivity contribution is 0.868. The molecule has 0 unspecified atom stereocenters. The molecule has 6 heteroatoms. The van der Waals surface area contributed by atoms with Gasteiger partial charge in [-0.05, 0) is 24.6 Å². The first-order valence-electron chi connectivity index (χ1n) is 6.39. The van der Waals surface area contributed by atoms with E-state index < -0.39 is 0 Å². The van der Waals surface area contributed by atoms with E-state index in [0.29, 0.717) is 6.42 Å². The number of rotatable bonds is 2. The first-order chi connectivity index (χ1) is 9.78. The minimum absolute atomic E-state index is 0.642. The van der Waals surface area contributed by atoms with E-state index >= 15 is 0 Å². The second-order valence-electron chi connectivity index (χ2n) is 4.76. The van der Waals surface area contributed by atoms with Gasteiger partial charge in [0.2, 0.25) is 0 Å². The van der Waals surface area contributed by atoms with Crippen molar-refractivity contribution in [3.8, 4) is 0 Å². The van der Waals surface area contributed by atoms with Gasteiger partial charge in [0, 0.05) is 31.1 Å². The SMILES string of the molecule is Cc1cc2ncc(Cc3nc4ccccn4n3)cn2n1. The molecule has 0 aliphatic heterocycles. The van der Waals surface area contributed by atoms with Crippen LogP contribution in [0.5, 0.6) is 0 Å². The molecule has 4 rings (SSSR count). The van der Waals surface area contributed by atoms with Crippen LogP contribution in [0.25, 0.3) is 11.3 Å². The Labute approximate surface area is 114 Å². The summed E-state index contributed by atoms with van der Waals surface area (Å²) in [6.45, 7) is 1.96. The molecule has 0 spiro atoms. The molecule has 0 amide bonds. The third-order valence-electron chi connectivity index (χ3n) is 3.14. The van der Waals surface area contributed by atoms with Crippen LogP contribution in [0.2, 0.25) is 0 Å². The van der Waals surface area contributed by atoms with E-state index in [4.69, 9.17) is 0 Å². The average molecular weight is 264 g/mol. The molecule has 4 aromatic rings. The molecule has 0 bridgehead atoms. The first kappa shape index (κ1) is 11.1. The Kier molecular flexibility index (Phi) is 2.29. The summed E-state index contributed by atoms with van der Waals surface area (Å²) in [4.78, 5) is 8.88. The van der Waals surface area contributed by atoms with Crippen LogP contribution in [-0.4, -0.2) is 29.2 Å². The van der Waals surface area contributed by atoms with E-state index in [1.165, 1.54) is 0 Å². The molecule has 0 saturated heterocycles. The first-order valence-corrected chi connectivity index (χ1v) is 6.39. The van der Waals surface area contributed by atoms with Gasteiger partial charge in [0.05, 0.1) is 5.69 Å². The van der Waals surface area contributed by atoms with Gasteiger partial charge < -0.3 is 0 Å². The molecule has 98 valence electrons. The number of aromatic nitrogens is 6. The highest BCUT2D eigenvalue weighted by atomic mass is 15.3. The number of hydrogen-bond acceptors (Lipinski definition) is 4. The van der Waals surface area contributed by atoms with Gasteiger partial charge in [-0.25, -0.2) is 19.0 Å². The maximum atomic E-state index is 4.49. The topological polar surface area (TPSA) is 60.4 Å². The predicted molar refractivity (Wildman–Crippen MR) is 73.5 cm³/mol. The fourth-order valence-corrected chi connectivity index (χ4v) is 2.26. The quantitative estimate of drug-likeness (QED) is 0.552. The van der Waals surface area contributed by atoms with Crippen molar-refractivity contribution < 1.29 is 0 Å². The van der Waals surface area contributed by atoms with Gasteiger partial charge in [-0.2, -0.15) is 10.2 Å². The number of fused-ring (bicyclic) bond motifs is 2. The molecule has 0 atom stereocenters. The molecular formula is C14H12N6. The number of hydrogen-bond donors (Lipinski definition) is 0. The van der Waals surface area contributed by atoms with Crippen LogP contribution >= 0.6 is 0 Å². The van der Waals surface area contributed by atoms with Crippen molar-refractivity contribution >= 4 is 11.3 Å². The Morgan fingerprint density at radius 1 is 1.10 bits per heavy atom. The van der Waals surface area contributed by atoms with Crippen molar-refractivity contribution in [2.75, 3.05) is 0 Å². The van der Waals surface area contributed by atoms with E-state index in [0.717, 1.165) is 28.4 Å².